The Bertz CT molecular complexity index is 1640. The average Bonchev–Trinajstić information content (AvgIpc) is 3.01. The highest BCUT2D eigenvalue weighted by Gasteiger charge is 2.18. The van der Waals surface area contributed by atoms with Crippen molar-refractivity contribution in [2.45, 2.75) is 17.1 Å². The van der Waals surface area contributed by atoms with Gasteiger partial charge in [-0.25, -0.2) is 0 Å². The summed E-state index contributed by atoms with van der Waals surface area (Å²) >= 11 is 7.40. The summed E-state index contributed by atoms with van der Waals surface area (Å²) in [5.74, 6) is -0.0815. The minimum absolute atomic E-state index is 0.0448. The van der Waals surface area contributed by atoms with E-state index in [1.54, 1.807) is 111 Å². The van der Waals surface area contributed by atoms with E-state index in [9.17, 15) is 14.4 Å². The molecule has 0 bridgehead atoms. The number of rotatable bonds is 11. The lowest BCUT2D eigenvalue weighted by molar-refractivity contribution is -0.115. The van der Waals surface area contributed by atoms with Crippen molar-refractivity contribution in [2.75, 3.05) is 24.9 Å². The second-order valence-corrected chi connectivity index (χ2v) is 11.1. The zero-order chi connectivity index (χ0) is 30.8. The summed E-state index contributed by atoms with van der Waals surface area (Å²) in [6, 6.07) is 27.8. The van der Waals surface area contributed by atoms with Gasteiger partial charge in [-0.1, -0.05) is 48.0 Å². The van der Waals surface area contributed by atoms with Gasteiger partial charge in [0.15, 0.2) is 0 Å². The van der Waals surface area contributed by atoms with Crippen molar-refractivity contribution in [2.24, 2.45) is 0 Å². The molecule has 0 spiro atoms. The summed E-state index contributed by atoms with van der Waals surface area (Å²) in [6.45, 7) is 1.77. The van der Waals surface area contributed by atoms with Crippen molar-refractivity contribution >= 4 is 58.5 Å². The van der Waals surface area contributed by atoms with Crippen LogP contribution in [-0.4, -0.2) is 37.2 Å². The lowest BCUT2D eigenvalue weighted by atomic mass is 10.1. The standard InChI is InChI=1S/C33H30ClN3O5S/c1-21(31(38)36-28-19-24(34)15-16-30(28)42-3)43-27-14-8-12-25(20-27)35-33(40)29(18-22-9-7-13-26(17-22)41-2)37-32(39)23-10-5-4-6-11-23/h4-21H,1-3H3,(H,35,40)(H,36,38)(H,37,39)/b29-18-. The van der Waals surface area contributed by atoms with Gasteiger partial charge in [0.05, 0.1) is 25.2 Å². The number of anilines is 2. The number of carbonyl (C=O) groups is 3. The molecule has 1 atom stereocenters. The Hall–Kier alpha value is -4.73. The fourth-order valence-corrected chi connectivity index (χ4v) is 5.05. The second kappa shape index (κ2) is 14.9. The highest BCUT2D eigenvalue weighted by molar-refractivity contribution is 8.00. The third kappa shape index (κ3) is 8.88. The number of carbonyl (C=O) groups excluding carboxylic acids is 3. The van der Waals surface area contributed by atoms with Crippen LogP contribution in [0.2, 0.25) is 5.02 Å². The Kier molecular flexibility index (Phi) is 10.9. The maximum atomic E-state index is 13.5. The minimum atomic E-state index is -0.520. The first-order valence-electron chi connectivity index (χ1n) is 13.2. The van der Waals surface area contributed by atoms with Gasteiger partial charge in [0.2, 0.25) is 5.91 Å². The van der Waals surface area contributed by atoms with E-state index < -0.39 is 17.1 Å². The number of thioether (sulfide) groups is 1. The van der Waals surface area contributed by atoms with Crippen LogP contribution < -0.4 is 25.4 Å². The molecule has 0 saturated heterocycles. The van der Waals surface area contributed by atoms with Crippen molar-refractivity contribution in [3.8, 4) is 11.5 Å². The molecule has 0 saturated carbocycles. The van der Waals surface area contributed by atoms with Gasteiger partial charge < -0.3 is 25.4 Å². The first-order chi connectivity index (χ1) is 20.7. The number of ether oxygens (including phenoxy) is 2. The van der Waals surface area contributed by atoms with E-state index in [2.05, 4.69) is 16.0 Å². The van der Waals surface area contributed by atoms with E-state index in [-0.39, 0.29) is 11.6 Å². The van der Waals surface area contributed by atoms with E-state index in [0.717, 1.165) is 4.90 Å². The first kappa shape index (κ1) is 31.2. The zero-order valence-electron chi connectivity index (χ0n) is 23.7. The summed E-state index contributed by atoms with van der Waals surface area (Å²) in [7, 11) is 3.07. The number of benzene rings is 4. The largest absolute Gasteiger partial charge is 0.497 e. The lowest BCUT2D eigenvalue weighted by Crippen LogP contribution is -2.30. The molecule has 4 rings (SSSR count). The first-order valence-corrected chi connectivity index (χ1v) is 14.5. The van der Waals surface area contributed by atoms with Gasteiger partial charge >= 0.3 is 0 Å². The summed E-state index contributed by atoms with van der Waals surface area (Å²) in [4.78, 5) is 40.1. The van der Waals surface area contributed by atoms with Gasteiger partial charge in [0.1, 0.15) is 17.2 Å². The summed E-state index contributed by atoms with van der Waals surface area (Å²) in [6.07, 6.45) is 1.58. The monoisotopic (exact) mass is 615 g/mol. The molecule has 1 unspecified atom stereocenters. The summed E-state index contributed by atoms with van der Waals surface area (Å²) in [5.41, 5.74) is 2.08. The van der Waals surface area contributed by atoms with Crippen molar-refractivity contribution in [3.05, 3.63) is 119 Å². The van der Waals surface area contributed by atoms with Gasteiger partial charge in [-0.2, -0.15) is 0 Å². The molecule has 0 heterocycles. The van der Waals surface area contributed by atoms with Gasteiger partial charge in [-0.3, -0.25) is 14.4 Å². The van der Waals surface area contributed by atoms with Gasteiger partial charge in [0, 0.05) is 21.2 Å². The van der Waals surface area contributed by atoms with Crippen LogP contribution in [0.4, 0.5) is 11.4 Å². The van der Waals surface area contributed by atoms with Crippen LogP contribution in [0.15, 0.2) is 108 Å². The molecular formula is C33H30ClN3O5S. The quantitative estimate of drug-likeness (QED) is 0.125. The Morgan fingerprint density at radius 1 is 0.837 bits per heavy atom. The van der Waals surface area contributed by atoms with E-state index in [1.165, 1.54) is 18.9 Å². The van der Waals surface area contributed by atoms with Crippen molar-refractivity contribution in [3.63, 3.8) is 0 Å². The predicted octanol–water partition coefficient (Wildman–Crippen LogP) is 6.89. The second-order valence-electron chi connectivity index (χ2n) is 9.23. The van der Waals surface area contributed by atoms with Crippen LogP contribution in [0.3, 0.4) is 0 Å². The van der Waals surface area contributed by atoms with E-state index in [4.69, 9.17) is 21.1 Å². The minimum Gasteiger partial charge on any atom is -0.497 e. The third-order valence-corrected chi connectivity index (χ3v) is 7.46. The highest BCUT2D eigenvalue weighted by atomic mass is 35.5. The number of hydrogen-bond acceptors (Lipinski definition) is 6. The van der Waals surface area contributed by atoms with Gasteiger partial charge in [-0.15, -0.1) is 11.8 Å². The molecule has 3 N–H and O–H groups in total. The molecule has 8 nitrogen and oxygen atoms in total. The molecular weight excluding hydrogens is 586 g/mol. The maximum absolute atomic E-state index is 13.5. The topological polar surface area (TPSA) is 106 Å². The molecule has 3 amide bonds. The Morgan fingerprint density at radius 3 is 2.35 bits per heavy atom. The van der Waals surface area contributed by atoms with Crippen LogP contribution in [0.25, 0.3) is 6.08 Å². The smallest absolute Gasteiger partial charge is 0.272 e. The highest BCUT2D eigenvalue weighted by Crippen LogP contribution is 2.30. The molecule has 0 radical (unpaired) electrons. The molecule has 4 aromatic carbocycles. The molecule has 0 fully saturated rings. The Balaban J connectivity index is 1.49. The van der Waals surface area contributed by atoms with Crippen LogP contribution in [0.5, 0.6) is 11.5 Å². The van der Waals surface area contributed by atoms with Crippen molar-refractivity contribution < 1.29 is 23.9 Å². The normalized spacial score (nSPS) is 11.7. The fraction of sp³-hybridized carbons (Fsp3) is 0.121. The van der Waals surface area contributed by atoms with Crippen LogP contribution in [0, 0.1) is 0 Å². The molecule has 10 heteroatoms. The van der Waals surface area contributed by atoms with Crippen molar-refractivity contribution in [1.29, 1.82) is 0 Å². The van der Waals surface area contributed by atoms with Crippen LogP contribution in [-0.2, 0) is 9.59 Å². The average molecular weight is 616 g/mol. The Labute approximate surface area is 259 Å². The summed E-state index contributed by atoms with van der Waals surface area (Å²) in [5, 5.41) is 8.42. The number of methoxy groups -OCH3 is 2. The molecule has 0 aliphatic rings. The molecule has 0 aliphatic heterocycles. The number of nitrogens with one attached hydrogen (secondary N) is 3. The molecule has 0 aromatic heterocycles. The number of halogens is 1. The lowest BCUT2D eigenvalue weighted by Gasteiger charge is -2.15. The van der Waals surface area contributed by atoms with Gasteiger partial charge in [-0.05, 0) is 79.2 Å². The van der Waals surface area contributed by atoms with Crippen LogP contribution >= 0.6 is 23.4 Å². The molecule has 43 heavy (non-hydrogen) atoms. The Morgan fingerprint density at radius 2 is 1.60 bits per heavy atom. The van der Waals surface area contributed by atoms with Crippen LogP contribution in [0.1, 0.15) is 22.8 Å². The van der Waals surface area contributed by atoms with E-state index in [0.29, 0.717) is 39.0 Å². The fourth-order valence-electron chi connectivity index (χ4n) is 3.96. The number of hydrogen-bond donors (Lipinski definition) is 3. The summed E-state index contributed by atoms with van der Waals surface area (Å²) < 4.78 is 10.6. The van der Waals surface area contributed by atoms with Crippen molar-refractivity contribution in [1.82, 2.24) is 5.32 Å². The number of amides is 3. The predicted molar refractivity (Wildman–Crippen MR) is 172 cm³/mol. The van der Waals surface area contributed by atoms with Gasteiger partial charge in [0.25, 0.3) is 11.8 Å². The maximum Gasteiger partial charge on any atom is 0.272 e. The van der Waals surface area contributed by atoms with E-state index >= 15 is 0 Å². The molecule has 0 aliphatic carbocycles. The van der Waals surface area contributed by atoms with E-state index in [1.807, 2.05) is 6.07 Å². The zero-order valence-corrected chi connectivity index (χ0v) is 25.3. The molecule has 220 valence electrons. The molecule has 4 aromatic rings. The SMILES string of the molecule is COc1cccc(/C=C(\NC(=O)c2ccccc2)C(=O)Nc2cccc(SC(C)C(=O)Nc3cc(Cl)ccc3OC)c2)c1. The third-order valence-electron chi connectivity index (χ3n) is 6.13.